The summed E-state index contributed by atoms with van der Waals surface area (Å²) in [5.41, 5.74) is 0.863. The Morgan fingerprint density at radius 2 is 2.12 bits per heavy atom. The summed E-state index contributed by atoms with van der Waals surface area (Å²) in [5.74, 6) is 1.24. The molecule has 1 N–H and O–H groups in total. The van der Waals surface area contributed by atoms with Gasteiger partial charge in [0.15, 0.2) is 11.6 Å². The Morgan fingerprint density at radius 1 is 1.29 bits per heavy atom. The van der Waals surface area contributed by atoms with Gasteiger partial charge in [0.2, 0.25) is 0 Å². The van der Waals surface area contributed by atoms with Crippen molar-refractivity contribution in [1.82, 2.24) is 0 Å². The van der Waals surface area contributed by atoms with Crippen molar-refractivity contribution < 1.29 is 9.50 Å². The molecule has 0 amide bonds. The number of phenolic OH excluding ortho intramolecular Hbond substituents is 1. The van der Waals surface area contributed by atoms with E-state index in [1.807, 2.05) is 17.8 Å². The highest BCUT2D eigenvalue weighted by atomic mass is 32.2. The number of thioether (sulfide) groups is 1. The van der Waals surface area contributed by atoms with E-state index in [0.717, 1.165) is 21.9 Å². The SMILES string of the molecule is CCSCc1ccc(-c2ccc(F)c(O)c2)s1. The largest absolute Gasteiger partial charge is 0.505 e. The zero-order chi connectivity index (χ0) is 12.3. The number of rotatable bonds is 4. The van der Waals surface area contributed by atoms with Crippen molar-refractivity contribution in [3.05, 3.63) is 41.0 Å². The normalized spacial score (nSPS) is 10.7. The van der Waals surface area contributed by atoms with Crippen LogP contribution in [0.4, 0.5) is 4.39 Å². The van der Waals surface area contributed by atoms with Crippen LogP contribution in [0.15, 0.2) is 30.3 Å². The molecule has 0 aliphatic heterocycles. The minimum absolute atomic E-state index is 0.291. The molecule has 0 radical (unpaired) electrons. The molecule has 17 heavy (non-hydrogen) atoms. The maximum absolute atomic E-state index is 12.9. The van der Waals surface area contributed by atoms with Crippen LogP contribution in [0.3, 0.4) is 0 Å². The molecule has 2 aromatic rings. The van der Waals surface area contributed by atoms with Gasteiger partial charge in [0, 0.05) is 15.5 Å². The van der Waals surface area contributed by atoms with E-state index in [4.69, 9.17) is 0 Å². The zero-order valence-electron chi connectivity index (χ0n) is 9.44. The predicted octanol–water partition coefficient (Wildman–Crippen LogP) is 4.51. The van der Waals surface area contributed by atoms with E-state index in [9.17, 15) is 9.50 Å². The van der Waals surface area contributed by atoms with Gasteiger partial charge in [-0.2, -0.15) is 11.8 Å². The average Bonchev–Trinajstić information content (AvgIpc) is 2.79. The second-order valence-electron chi connectivity index (χ2n) is 3.57. The summed E-state index contributed by atoms with van der Waals surface area (Å²) in [6.45, 7) is 2.14. The predicted molar refractivity (Wildman–Crippen MR) is 73.2 cm³/mol. The third-order valence-electron chi connectivity index (χ3n) is 2.34. The van der Waals surface area contributed by atoms with Crippen molar-refractivity contribution in [2.45, 2.75) is 12.7 Å². The molecule has 0 saturated heterocycles. The van der Waals surface area contributed by atoms with Crippen molar-refractivity contribution in [2.24, 2.45) is 0 Å². The van der Waals surface area contributed by atoms with Gasteiger partial charge in [0.25, 0.3) is 0 Å². The van der Waals surface area contributed by atoms with Crippen LogP contribution in [0, 0.1) is 5.82 Å². The summed E-state index contributed by atoms with van der Waals surface area (Å²) in [4.78, 5) is 2.36. The monoisotopic (exact) mass is 268 g/mol. The highest BCUT2D eigenvalue weighted by molar-refractivity contribution is 7.98. The third-order valence-corrected chi connectivity index (χ3v) is 4.58. The van der Waals surface area contributed by atoms with Crippen molar-refractivity contribution in [2.75, 3.05) is 5.75 Å². The van der Waals surface area contributed by atoms with E-state index in [2.05, 4.69) is 13.0 Å². The molecule has 2 rings (SSSR count). The van der Waals surface area contributed by atoms with Gasteiger partial charge in [-0.15, -0.1) is 11.3 Å². The van der Waals surface area contributed by atoms with Crippen LogP contribution in [0.1, 0.15) is 11.8 Å². The number of hydrogen-bond donors (Lipinski definition) is 1. The maximum atomic E-state index is 12.9. The third kappa shape index (κ3) is 3.01. The number of aromatic hydroxyl groups is 1. The molecule has 0 unspecified atom stereocenters. The van der Waals surface area contributed by atoms with Crippen LogP contribution in [0.25, 0.3) is 10.4 Å². The molecule has 1 nitrogen and oxygen atoms in total. The van der Waals surface area contributed by atoms with E-state index in [0.29, 0.717) is 0 Å². The molecule has 90 valence electrons. The minimum atomic E-state index is -0.577. The summed E-state index contributed by atoms with van der Waals surface area (Å²) in [5, 5.41) is 9.34. The van der Waals surface area contributed by atoms with Gasteiger partial charge in [0.1, 0.15) is 0 Å². The first-order valence-corrected chi connectivity index (χ1v) is 7.33. The average molecular weight is 268 g/mol. The Morgan fingerprint density at radius 3 is 2.82 bits per heavy atom. The highest BCUT2D eigenvalue weighted by Gasteiger charge is 2.06. The molecule has 0 spiro atoms. The molecule has 0 saturated carbocycles. The summed E-state index contributed by atoms with van der Waals surface area (Å²) in [6.07, 6.45) is 0. The molecule has 0 bridgehead atoms. The van der Waals surface area contributed by atoms with E-state index >= 15 is 0 Å². The van der Waals surface area contributed by atoms with Crippen LogP contribution in [-0.4, -0.2) is 10.9 Å². The van der Waals surface area contributed by atoms with Gasteiger partial charge in [-0.25, -0.2) is 4.39 Å². The maximum Gasteiger partial charge on any atom is 0.164 e. The first-order chi connectivity index (χ1) is 8.20. The summed E-state index contributed by atoms with van der Waals surface area (Å²) < 4.78 is 12.9. The van der Waals surface area contributed by atoms with Gasteiger partial charge >= 0.3 is 0 Å². The minimum Gasteiger partial charge on any atom is -0.505 e. The smallest absolute Gasteiger partial charge is 0.164 e. The van der Waals surface area contributed by atoms with Crippen LogP contribution in [0.2, 0.25) is 0 Å². The molecular weight excluding hydrogens is 255 g/mol. The Labute approximate surface area is 108 Å². The van der Waals surface area contributed by atoms with Crippen molar-refractivity contribution in [3.63, 3.8) is 0 Å². The summed E-state index contributed by atoms with van der Waals surface area (Å²) >= 11 is 3.56. The lowest BCUT2D eigenvalue weighted by Crippen LogP contribution is -1.77. The molecule has 0 atom stereocenters. The fourth-order valence-corrected chi connectivity index (χ4v) is 3.27. The molecule has 0 fully saturated rings. The van der Waals surface area contributed by atoms with Crippen LogP contribution in [-0.2, 0) is 5.75 Å². The second-order valence-corrected chi connectivity index (χ2v) is 6.01. The quantitative estimate of drug-likeness (QED) is 0.880. The summed E-state index contributed by atoms with van der Waals surface area (Å²) in [6, 6.07) is 8.56. The first kappa shape index (κ1) is 12.5. The lowest BCUT2D eigenvalue weighted by atomic mass is 10.2. The lowest BCUT2D eigenvalue weighted by molar-refractivity contribution is 0.433. The van der Waals surface area contributed by atoms with Gasteiger partial charge in [-0.1, -0.05) is 13.0 Å². The number of hydrogen-bond acceptors (Lipinski definition) is 3. The second kappa shape index (κ2) is 5.56. The van der Waals surface area contributed by atoms with E-state index in [1.54, 1.807) is 17.4 Å². The Balaban J connectivity index is 2.21. The van der Waals surface area contributed by atoms with E-state index in [1.165, 1.54) is 17.0 Å². The topological polar surface area (TPSA) is 20.2 Å². The highest BCUT2D eigenvalue weighted by Crippen LogP contribution is 2.32. The van der Waals surface area contributed by atoms with Gasteiger partial charge < -0.3 is 5.11 Å². The number of thiophene rings is 1. The summed E-state index contributed by atoms with van der Waals surface area (Å²) in [7, 11) is 0. The Kier molecular flexibility index (Phi) is 4.07. The standard InChI is InChI=1S/C13H13FOS2/c1-2-16-8-10-4-6-13(17-10)9-3-5-11(14)12(15)7-9/h3-7,15H,2,8H2,1H3. The Hall–Kier alpha value is -1.00. The van der Waals surface area contributed by atoms with Crippen LogP contribution in [0.5, 0.6) is 5.75 Å². The van der Waals surface area contributed by atoms with Gasteiger partial charge in [0.05, 0.1) is 0 Å². The molecule has 1 aromatic carbocycles. The van der Waals surface area contributed by atoms with E-state index in [-0.39, 0.29) is 5.75 Å². The molecule has 4 heteroatoms. The zero-order valence-corrected chi connectivity index (χ0v) is 11.1. The van der Waals surface area contributed by atoms with Gasteiger partial charge in [-0.05, 0) is 35.6 Å². The molecule has 1 heterocycles. The molecule has 0 aliphatic carbocycles. The Bertz CT molecular complexity index is 508. The fourth-order valence-electron chi connectivity index (χ4n) is 1.48. The van der Waals surface area contributed by atoms with E-state index < -0.39 is 5.82 Å². The van der Waals surface area contributed by atoms with Crippen LogP contribution >= 0.6 is 23.1 Å². The number of halogens is 1. The molecular formula is C13H13FOS2. The van der Waals surface area contributed by atoms with Gasteiger partial charge in [-0.3, -0.25) is 0 Å². The van der Waals surface area contributed by atoms with Crippen molar-refractivity contribution in [3.8, 4) is 16.2 Å². The van der Waals surface area contributed by atoms with Crippen LogP contribution < -0.4 is 0 Å². The van der Waals surface area contributed by atoms with Crippen molar-refractivity contribution in [1.29, 1.82) is 0 Å². The number of benzene rings is 1. The molecule has 0 aliphatic rings. The number of phenols is 1. The first-order valence-electron chi connectivity index (χ1n) is 5.36. The molecule has 1 aromatic heterocycles. The van der Waals surface area contributed by atoms with Crippen molar-refractivity contribution >= 4 is 23.1 Å². The lowest BCUT2D eigenvalue weighted by Gasteiger charge is -1.99. The fraction of sp³-hybridized carbons (Fsp3) is 0.231.